The second-order valence-electron chi connectivity index (χ2n) is 5.09. The van der Waals surface area contributed by atoms with Crippen molar-refractivity contribution in [3.8, 4) is 5.75 Å². The fourth-order valence-corrected chi connectivity index (χ4v) is 2.65. The van der Waals surface area contributed by atoms with Crippen LogP contribution in [0.1, 0.15) is 19.3 Å². The van der Waals surface area contributed by atoms with Crippen molar-refractivity contribution in [2.45, 2.75) is 37.5 Å². The topological polar surface area (TPSA) is 50.7 Å². The van der Waals surface area contributed by atoms with E-state index in [0.29, 0.717) is 11.6 Å². The van der Waals surface area contributed by atoms with Crippen LogP contribution >= 0.6 is 11.6 Å². The second-order valence-corrected chi connectivity index (χ2v) is 5.52. The zero-order valence-corrected chi connectivity index (χ0v) is 12.5. The fraction of sp³-hybridized carbons (Fsp3) is 0.600. The average Bonchev–Trinajstić information content (AvgIpc) is 2.45. The van der Waals surface area contributed by atoms with E-state index in [-0.39, 0.29) is 12.1 Å². The van der Waals surface area contributed by atoms with E-state index >= 15 is 0 Å². The van der Waals surface area contributed by atoms with Gasteiger partial charge in [0, 0.05) is 24.7 Å². The highest BCUT2D eigenvalue weighted by atomic mass is 35.5. The first-order chi connectivity index (χ1) is 9.70. The van der Waals surface area contributed by atoms with Crippen LogP contribution in [0.15, 0.2) is 24.3 Å². The monoisotopic (exact) mass is 299 g/mol. The fourth-order valence-electron chi connectivity index (χ4n) is 2.53. The molecule has 1 fully saturated rings. The van der Waals surface area contributed by atoms with Gasteiger partial charge in [-0.05, 0) is 43.5 Å². The average molecular weight is 300 g/mol. The molecule has 0 amide bonds. The van der Waals surface area contributed by atoms with Crippen molar-refractivity contribution in [1.29, 1.82) is 0 Å². The maximum atomic E-state index is 10.4. The normalized spacial score (nSPS) is 26.4. The highest BCUT2D eigenvalue weighted by Crippen LogP contribution is 2.25. The van der Waals surface area contributed by atoms with E-state index in [4.69, 9.17) is 21.1 Å². The van der Waals surface area contributed by atoms with Gasteiger partial charge in [-0.2, -0.15) is 0 Å². The minimum atomic E-state index is -0.503. The molecule has 5 heteroatoms. The van der Waals surface area contributed by atoms with E-state index in [1.165, 1.54) is 0 Å². The molecule has 3 atom stereocenters. The van der Waals surface area contributed by atoms with Crippen LogP contribution in [0.3, 0.4) is 0 Å². The number of hydrogen-bond acceptors (Lipinski definition) is 4. The zero-order valence-electron chi connectivity index (χ0n) is 11.7. The van der Waals surface area contributed by atoms with Crippen molar-refractivity contribution in [2.24, 2.45) is 0 Å². The van der Waals surface area contributed by atoms with E-state index in [1.807, 2.05) is 12.1 Å². The molecule has 0 heterocycles. The summed E-state index contributed by atoms with van der Waals surface area (Å²) in [5.41, 5.74) is 0. The lowest BCUT2D eigenvalue weighted by Crippen LogP contribution is -2.51. The van der Waals surface area contributed by atoms with Gasteiger partial charge in [0.05, 0.1) is 6.61 Å². The van der Waals surface area contributed by atoms with Gasteiger partial charge in [-0.3, -0.25) is 0 Å². The van der Waals surface area contributed by atoms with Crippen LogP contribution in [0.5, 0.6) is 5.75 Å². The zero-order chi connectivity index (χ0) is 14.4. The van der Waals surface area contributed by atoms with Crippen molar-refractivity contribution < 1.29 is 14.6 Å². The van der Waals surface area contributed by atoms with Gasteiger partial charge in [0.1, 0.15) is 18.0 Å². The van der Waals surface area contributed by atoms with Gasteiger partial charge in [0.2, 0.25) is 0 Å². The van der Waals surface area contributed by atoms with Crippen molar-refractivity contribution >= 4 is 11.6 Å². The molecule has 0 spiro atoms. The lowest BCUT2D eigenvalue weighted by atomic mass is 9.90. The molecule has 112 valence electrons. The van der Waals surface area contributed by atoms with E-state index in [2.05, 4.69) is 5.32 Å². The Kier molecular flexibility index (Phi) is 6.10. The molecule has 0 bridgehead atoms. The summed E-state index contributed by atoms with van der Waals surface area (Å²) in [4.78, 5) is 0. The molecule has 0 saturated heterocycles. The van der Waals surface area contributed by atoms with E-state index in [0.717, 1.165) is 31.6 Å². The number of aliphatic hydroxyl groups excluding tert-OH is 1. The third kappa shape index (κ3) is 4.35. The van der Waals surface area contributed by atoms with Gasteiger partial charge in [0.15, 0.2) is 0 Å². The van der Waals surface area contributed by atoms with E-state index in [9.17, 15) is 5.11 Å². The molecule has 0 aliphatic heterocycles. The summed E-state index contributed by atoms with van der Waals surface area (Å²) in [7, 11) is 1.67. The molecule has 1 aliphatic rings. The van der Waals surface area contributed by atoms with Crippen molar-refractivity contribution in [3.63, 3.8) is 0 Å². The summed E-state index contributed by atoms with van der Waals surface area (Å²) in [6, 6.07) is 7.31. The van der Waals surface area contributed by atoms with Gasteiger partial charge in [-0.25, -0.2) is 0 Å². The third-order valence-electron chi connectivity index (χ3n) is 3.61. The minimum absolute atomic E-state index is 0.0659. The number of ether oxygens (including phenoxy) is 2. The summed E-state index contributed by atoms with van der Waals surface area (Å²) in [5, 5.41) is 14.4. The van der Waals surface area contributed by atoms with Crippen molar-refractivity contribution in [3.05, 3.63) is 29.3 Å². The number of benzene rings is 1. The van der Waals surface area contributed by atoms with Crippen LogP contribution in [-0.4, -0.2) is 43.6 Å². The lowest BCUT2D eigenvalue weighted by Gasteiger charge is -2.35. The van der Waals surface area contributed by atoms with Crippen LogP contribution in [0.2, 0.25) is 5.02 Å². The van der Waals surface area contributed by atoms with Gasteiger partial charge in [-0.1, -0.05) is 11.6 Å². The number of nitrogens with one attached hydrogen (secondary N) is 1. The van der Waals surface area contributed by atoms with E-state index in [1.54, 1.807) is 19.2 Å². The van der Waals surface area contributed by atoms with Crippen LogP contribution < -0.4 is 10.1 Å². The van der Waals surface area contributed by atoms with Gasteiger partial charge >= 0.3 is 0 Å². The van der Waals surface area contributed by atoms with Crippen LogP contribution in [-0.2, 0) is 4.74 Å². The summed E-state index contributed by atoms with van der Waals surface area (Å²) >= 11 is 5.85. The Labute approximate surface area is 125 Å². The highest BCUT2D eigenvalue weighted by molar-refractivity contribution is 6.30. The molecule has 1 aromatic carbocycles. The quantitative estimate of drug-likeness (QED) is 0.791. The summed E-state index contributed by atoms with van der Waals surface area (Å²) < 4.78 is 10.9. The Morgan fingerprint density at radius 2 is 2.05 bits per heavy atom. The smallest absolute Gasteiger partial charge is 0.126 e. The number of aliphatic hydroxyl groups is 1. The highest BCUT2D eigenvalue weighted by Gasteiger charge is 2.32. The van der Waals surface area contributed by atoms with Crippen LogP contribution in [0.25, 0.3) is 0 Å². The molecule has 1 saturated carbocycles. The predicted molar refractivity (Wildman–Crippen MR) is 79.4 cm³/mol. The molecular weight excluding hydrogens is 278 g/mol. The SMILES string of the molecule is COCCN[C@H]1CCC[C@@H](Oc2ccc(Cl)cc2)[C@@H]1O. The first-order valence-corrected chi connectivity index (χ1v) is 7.41. The molecule has 1 aliphatic carbocycles. The van der Waals surface area contributed by atoms with Crippen molar-refractivity contribution in [1.82, 2.24) is 5.32 Å². The number of hydrogen-bond donors (Lipinski definition) is 2. The Bertz CT molecular complexity index is 399. The van der Waals surface area contributed by atoms with Gasteiger partial charge in [0.25, 0.3) is 0 Å². The Hall–Kier alpha value is -0.810. The van der Waals surface area contributed by atoms with Gasteiger partial charge in [-0.15, -0.1) is 0 Å². The molecule has 0 radical (unpaired) electrons. The largest absolute Gasteiger partial charge is 0.488 e. The first-order valence-electron chi connectivity index (χ1n) is 7.03. The summed E-state index contributed by atoms with van der Waals surface area (Å²) in [6.07, 6.45) is 2.19. The van der Waals surface area contributed by atoms with Gasteiger partial charge < -0.3 is 19.9 Å². The molecule has 4 nitrogen and oxygen atoms in total. The molecule has 0 aromatic heterocycles. The minimum Gasteiger partial charge on any atom is -0.488 e. The van der Waals surface area contributed by atoms with Crippen LogP contribution in [0.4, 0.5) is 0 Å². The Morgan fingerprint density at radius 3 is 2.75 bits per heavy atom. The summed E-state index contributed by atoms with van der Waals surface area (Å²) in [5.74, 6) is 0.746. The third-order valence-corrected chi connectivity index (χ3v) is 3.86. The maximum Gasteiger partial charge on any atom is 0.126 e. The first kappa shape index (κ1) is 15.6. The standard InChI is InChI=1S/C15H22ClNO3/c1-19-10-9-17-13-3-2-4-14(15(13)18)20-12-7-5-11(16)6-8-12/h5-8,13-15,17-18H,2-4,9-10H2,1H3/t13-,14+,15+/m0/s1. The molecule has 0 unspecified atom stereocenters. The second kappa shape index (κ2) is 7.84. The summed E-state index contributed by atoms with van der Waals surface area (Å²) in [6.45, 7) is 1.39. The maximum absolute atomic E-state index is 10.4. The van der Waals surface area contributed by atoms with Crippen LogP contribution in [0, 0.1) is 0 Å². The molecule has 20 heavy (non-hydrogen) atoms. The number of halogens is 1. The van der Waals surface area contributed by atoms with Crippen molar-refractivity contribution in [2.75, 3.05) is 20.3 Å². The molecular formula is C15H22ClNO3. The number of rotatable bonds is 6. The Balaban J connectivity index is 1.88. The lowest BCUT2D eigenvalue weighted by molar-refractivity contribution is -0.0164. The number of methoxy groups -OCH3 is 1. The molecule has 1 aromatic rings. The van der Waals surface area contributed by atoms with E-state index < -0.39 is 6.10 Å². The molecule has 2 N–H and O–H groups in total. The molecule has 2 rings (SSSR count). The predicted octanol–water partition coefficient (Wildman–Crippen LogP) is 2.24. The Morgan fingerprint density at radius 1 is 1.30 bits per heavy atom.